The fourth-order valence-electron chi connectivity index (χ4n) is 4.07. The second kappa shape index (κ2) is 11.3. The molecule has 2 aromatic rings. The van der Waals surface area contributed by atoms with Crippen LogP contribution in [0.5, 0.6) is 0 Å². The van der Waals surface area contributed by atoms with Crippen LogP contribution in [0.1, 0.15) is 28.8 Å². The Labute approximate surface area is 200 Å². The SMILES string of the molecule is COCc1cccc(C(=O)Nc2cc(S(=O)(=O)N3CCOCC3)ccc2NCC2CCCO2)c1. The maximum absolute atomic E-state index is 13.2. The lowest BCUT2D eigenvalue weighted by atomic mass is 10.1. The van der Waals surface area contributed by atoms with Crippen molar-refractivity contribution < 1.29 is 27.4 Å². The third-order valence-electron chi connectivity index (χ3n) is 5.89. The number of carbonyl (C=O) groups excluding carboxylic acids is 1. The molecule has 0 saturated carbocycles. The van der Waals surface area contributed by atoms with E-state index >= 15 is 0 Å². The molecule has 1 atom stereocenters. The minimum atomic E-state index is -3.71. The van der Waals surface area contributed by atoms with Crippen LogP contribution in [0.3, 0.4) is 0 Å². The van der Waals surface area contributed by atoms with Gasteiger partial charge in [-0.2, -0.15) is 4.31 Å². The highest BCUT2D eigenvalue weighted by Crippen LogP contribution is 2.29. The molecule has 1 unspecified atom stereocenters. The zero-order valence-electron chi connectivity index (χ0n) is 19.3. The Kier molecular flexibility index (Phi) is 8.17. The maximum atomic E-state index is 13.2. The Bertz CT molecular complexity index is 1100. The topological polar surface area (TPSA) is 106 Å². The van der Waals surface area contributed by atoms with Crippen molar-refractivity contribution in [1.29, 1.82) is 0 Å². The number of hydrogen-bond donors (Lipinski definition) is 2. The van der Waals surface area contributed by atoms with E-state index in [4.69, 9.17) is 14.2 Å². The Balaban J connectivity index is 1.60. The normalized spacial score (nSPS) is 19.1. The molecule has 2 fully saturated rings. The summed E-state index contributed by atoms with van der Waals surface area (Å²) in [5.74, 6) is -0.334. The molecule has 2 saturated heterocycles. The van der Waals surface area contributed by atoms with Crippen LogP contribution >= 0.6 is 0 Å². The first-order valence-corrected chi connectivity index (χ1v) is 12.9. The molecule has 34 heavy (non-hydrogen) atoms. The van der Waals surface area contributed by atoms with E-state index in [1.807, 2.05) is 6.07 Å². The third kappa shape index (κ3) is 5.94. The van der Waals surface area contributed by atoms with E-state index in [2.05, 4.69) is 10.6 Å². The van der Waals surface area contributed by atoms with Crippen LogP contribution in [0.15, 0.2) is 47.4 Å². The molecule has 9 nitrogen and oxygen atoms in total. The van der Waals surface area contributed by atoms with Crippen LogP contribution in [0.25, 0.3) is 0 Å². The lowest BCUT2D eigenvalue weighted by molar-refractivity contribution is 0.0730. The molecule has 2 N–H and O–H groups in total. The molecule has 184 valence electrons. The maximum Gasteiger partial charge on any atom is 0.255 e. The highest BCUT2D eigenvalue weighted by Gasteiger charge is 2.27. The first-order chi connectivity index (χ1) is 16.5. The van der Waals surface area contributed by atoms with Gasteiger partial charge in [0.1, 0.15) is 0 Å². The number of benzene rings is 2. The molecule has 0 spiro atoms. The van der Waals surface area contributed by atoms with Crippen molar-refractivity contribution >= 4 is 27.3 Å². The minimum Gasteiger partial charge on any atom is -0.381 e. The molecule has 0 aliphatic carbocycles. The zero-order valence-corrected chi connectivity index (χ0v) is 20.1. The van der Waals surface area contributed by atoms with Gasteiger partial charge < -0.3 is 24.8 Å². The van der Waals surface area contributed by atoms with Gasteiger partial charge in [-0.1, -0.05) is 12.1 Å². The van der Waals surface area contributed by atoms with Gasteiger partial charge in [0.15, 0.2) is 0 Å². The standard InChI is InChI=1S/C24H31N3O6S/c1-31-17-18-4-2-5-19(14-18)24(28)26-23-15-21(34(29,30)27-9-12-32-13-10-27)7-8-22(23)25-16-20-6-3-11-33-20/h2,4-5,7-8,14-15,20,25H,3,6,9-13,16-17H2,1H3,(H,26,28). The lowest BCUT2D eigenvalue weighted by Gasteiger charge is -2.26. The van der Waals surface area contributed by atoms with Crippen molar-refractivity contribution in [1.82, 2.24) is 4.31 Å². The van der Waals surface area contributed by atoms with Crippen LogP contribution in [0, 0.1) is 0 Å². The number of amides is 1. The van der Waals surface area contributed by atoms with Crippen molar-refractivity contribution in [3.63, 3.8) is 0 Å². The van der Waals surface area contributed by atoms with Crippen molar-refractivity contribution in [3.8, 4) is 0 Å². The number of sulfonamides is 1. The number of anilines is 2. The quantitative estimate of drug-likeness (QED) is 0.558. The van der Waals surface area contributed by atoms with Gasteiger partial charge in [0, 0.05) is 38.9 Å². The first-order valence-electron chi connectivity index (χ1n) is 11.4. The van der Waals surface area contributed by atoms with Crippen LogP contribution in [0.2, 0.25) is 0 Å². The highest BCUT2D eigenvalue weighted by molar-refractivity contribution is 7.89. The van der Waals surface area contributed by atoms with Gasteiger partial charge in [0.2, 0.25) is 10.0 Å². The Morgan fingerprint density at radius 2 is 1.94 bits per heavy atom. The highest BCUT2D eigenvalue weighted by atomic mass is 32.2. The third-order valence-corrected chi connectivity index (χ3v) is 7.79. The number of nitrogens with zero attached hydrogens (tertiary/aromatic N) is 1. The summed E-state index contributed by atoms with van der Waals surface area (Å²) in [5.41, 5.74) is 2.36. The molecule has 2 heterocycles. The van der Waals surface area contributed by atoms with Crippen molar-refractivity contribution in [2.24, 2.45) is 0 Å². The van der Waals surface area contributed by atoms with Crippen LogP contribution in [-0.4, -0.2) is 71.3 Å². The average Bonchev–Trinajstić information content (AvgIpc) is 3.38. The van der Waals surface area contributed by atoms with E-state index in [0.717, 1.165) is 25.0 Å². The summed E-state index contributed by atoms with van der Waals surface area (Å²) in [5, 5.41) is 6.21. The Morgan fingerprint density at radius 3 is 2.68 bits per heavy atom. The number of methoxy groups -OCH3 is 1. The molecule has 1 amide bonds. The molecular weight excluding hydrogens is 458 g/mol. The van der Waals surface area contributed by atoms with Crippen LogP contribution in [-0.2, 0) is 30.8 Å². The fraction of sp³-hybridized carbons (Fsp3) is 0.458. The molecule has 2 aromatic carbocycles. The second-order valence-electron chi connectivity index (χ2n) is 8.33. The molecule has 4 rings (SSSR count). The van der Waals surface area contributed by atoms with E-state index in [1.165, 1.54) is 10.4 Å². The van der Waals surface area contributed by atoms with Gasteiger partial charge in [-0.3, -0.25) is 4.79 Å². The van der Waals surface area contributed by atoms with E-state index < -0.39 is 10.0 Å². The summed E-state index contributed by atoms with van der Waals surface area (Å²) in [4.78, 5) is 13.2. The van der Waals surface area contributed by atoms with Gasteiger partial charge in [-0.25, -0.2) is 8.42 Å². The summed E-state index contributed by atoms with van der Waals surface area (Å²) in [6.07, 6.45) is 2.07. The van der Waals surface area contributed by atoms with Gasteiger partial charge in [0.25, 0.3) is 5.91 Å². The van der Waals surface area contributed by atoms with E-state index in [9.17, 15) is 13.2 Å². The van der Waals surface area contributed by atoms with Crippen LogP contribution in [0.4, 0.5) is 11.4 Å². The predicted molar refractivity (Wildman–Crippen MR) is 129 cm³/mol. The summed E-state index contributed by atoms with van der Waals surface area (Å²) in [7, 11) is -2.12. The van der Waals surface area contributed by atoms with E-state index in [0.29, 0.717) is 56.4 Å². The number of carbonyl (C=O) groups is 1. The number of ether oxygens (including phenoxy) is 3. The molecule has 2 aliphatic rings. The zero-order chi connectivity index (χ0) is 24.0. The molecule has 0 bridgehead atoms. The van der Waals surface area contributed by atoms with Gasteiger partial charge in [-0.15, -0.1) is 0 Å². The molecule has 0 aromatic heterocycles. The number of rotatable bonds is 9. The molecule has 10 heteroatoms. The number of morpholine rings is 1. The van der Waals surface area contributed by atoms with Gasteiger partial charge in [-0.05, 0) is 48.7 Å². The van der Waals surface area contributed by atoms with Crippen molar-refractivity contribution in [3.05, 3.63) is 53.6 Å². The molecule has 0 radical (unpaired) electrons. The summed E-state index contributed by atoms with van der Waals surface area (Å²) in [6, 6.07) is 11.9. The van der Waals surface area contributed by atoms with Gasteiger partial charge in [0.05, 0.1) is 42.2 Å². The lowest BCUT2D eigenvalue weighted by Crippen LogP contribution is -2.40. The smallest absolute Gasteiger partial charge is 0.255 e. The summed E-state index contributed by atoms with van der Waals surface area (Å²) in [6.45, 7) is 3.03. The summed E-state index contributed by atoms with van der Waals surface area (Å²) < 4.78 is 43.9. The van der Waals surface area contributed by atoms with Crippen LogP contribution < -0.4 is 10.6 Å². The second-order valence-corrected chi connectivity index (χ2v) is 10.3. The number of nitrogens with one attached hydrogen (secondary N) is 2. The summed E-state index contributed by atoms with van der Waals surface area (Å²) >= 11 is 0. The molecule has 2 aliphatic heterocycles. The fourth-order valence-corrected chi connectivity index (χ4v) is 5.50. The molecular formula is C24H31N3O6S. The van der Waals surface area contributed by atoms with E-state index in [1.54, 1.807) is 37.4 Å². The number of hydrogen-bond acceptors (Lipinski definition) is 7. The van der Waals surface area contributed by atoms with E-state index in [-0.39, 0.29) is 16.9 Å². The van der Waals surface area contributed by atoms with Crippen molar-refractivity contribution in [2.75, 3.05) is 57.2 Å². The largest absolute Gasteiger partial charge is 0.381 e. The monoisotopic (exact) mass is 489 g/mol. The Morgan fingerprint density at radius 1 is 1.12 bits per heavy atom. The predicted octanol–water partition coefficient (Wildman–Crippen LogP) is 2.70. The minimum absolute atomic E-state index is 0.0889. The average molecular weight is 490 g/mol. The van der Waals surface area contributed by atoms with Gasteiger partial charge >= 0.3 is 0 Å². The first kappa shape index (κ1) is 24.6. The van der Waals surface area contributed by atoms with Crippen molar-refractivity contribution in [2.45, 2.75) is 30.4 Å². The Hall–Kier alpha value is -2.50.